The third-order valence-corrected chi connectivity index (χ3v) is 4.01. The van der Waals surface area contributed by atoms with E-state index in [1.807, 2.05) is 0 Å². The lowest BCUT2D eigenvalue weighted by Crippen LogP contribution is -2.16. The minimum absolute atomic E-state index is 0.919. The molecule has 0 amide bonds. The maximum absolute atomic E-state index is 5.46. The lowest BCUT2D eigenvalue weighted by atomic mass is 10.2. The van der Waals surface area contributed by atoms with Crippen molar-refractivity contribution in [2.75, 3.05) is 0 Å². The van der Waals surface area contributed by atoms with Crippen LogP contribution in [0.25, 0.3) is 10.2 Å². The Morgan fingerprint density at radius 3 is 2.82 bits per heavy atom. The molecule has 0 atom stereocenters. The van der Waals surface area contributed by atoms with Crippen LogP contribution in [-0.2, 0) is 6.54 Å². The number of thiazole rings is 1. The number of rotatable bonds is 5. The van der Waals surface area contributed by atoms with Crippen LogP contribution in [0, 0.1) is 0 Å². The van der Waals surface area contributed by atoms with Crippen LogP contribution in [-0.4, -0.2) is 4.57 Å². The number of aryl methyl sites for hydroxylation is 1. The quantitative estimate of drug-likeness (QED) is 0.494. The second kappa shape index (κ2) is 5.87. The summed E-state index contributed by atoms with van der Waals surface area (Å²) in [5.41, 5.74) is 1.25. The summed E-state index contributed by atoms with van der Waals surface area (Å²) in [6, 6.07) is 8.38. The Labute approximate surface area is 106 Å². The van der Waals surface area contributed by atoms with E-state index in [4.69, 9.17) is 5.84 Å². The second-order valence-electron chi connectivity index (χ2n) is 4.19. The largest absolute Gasteiger partial charge is 0.320 e. The maximum Gasteiger partial charge on any atom is 0.208 e. The molecule has 0 radical (unpaired) electrons. The minimum atomic E-state index is 0.919. The third kappa shape index (κ3) is 2.69. The van der Waals surface area contributed by atoms with Gasteiger partial charge in [-0.05, 0) is 18.6 Å². The number of benzene rings is 1. The molecular formula is C13H19N3S. The van der Waals surface area contributed by atoms with E-state index in [1.165, 1.54) is 35.9 Å². The highest BCUT2D eigenvalue weighted by Crippen LogP contribution is 2.17. The molecule has 2 aromatic rings. The first-order valence-corrected chi connectivity index (χ1v) is 7.00. The Morgan fingerprint density at radius 1 is 1.24 bits per heavy atom. The molecule has 1 heterocycles. The van der Waals surface area contributed by atoms with E-state index in [0.717, 1.165) is 11.3 Å². The molecule has 0 saturated heterocycles. The minimum Gasteiger partial charge on any atom is -0.320 e. The molecule has 1 aromatic heterocycles. The van der Waals surface area contributed by atoms with Crippen LogP contribution in [0.1, 0.15) is 32.6 Å². The molecule has 2 N–H and O–H groups in total. The molecule has 0 spiro atoms. The van der Waals surface area contributed by atoms with Gasteiger partial charge in [-0.1, -0.05) is 49.7 Å². The molecular weight excluding hydrogens is 230 g/mol. The Hall–Kier alpha value is -1.29. The van der Waals surface area contributed by atoms with Gasteiger partial charge in [0, 0.05) is 6.54 Å². The van der Waals surface area contributed by atoms with E-state index in [-0.39, 0.29) is 0 Å². The molecule has 4 heteroatoms. The lowest BCUT2D eigenvalue weighted by molar-refractivity contribution is 0.583. The van der Waals surface area contributed by atoms with Crippen molar-refractivity contribution in [1.82, 2.24) is 4.57 Å². The highest BCUT2D eigenvalue weighted by molar-refractivity contribution is 7.16. The number of hydrogen-bond acceptors (Lipinski definition) is 3. The van der Waals surface area contributed by atoms with Gasteiger partial charge in [0.1, 0.15) is 0 Å². The second-order valence-corrected chi connectivity index (χ2v) is 5.20. The van der Waals surface area contributed by atoms with Crippen LogP contribution in [0.15, 0.2) is 29.4 Å². The number of unbranched alkanes of at least 4 members (excludes halogenated alkanes) is 3. The number of nitrogens with two attached hydrogens (primary N) is 1. The molecule has 17 heavy (non-hydrogen) atoms. The molecule has 0 unspecified atom stereocenters. The fourth-order valence-electron chi connectivity index (χ4n) is 2.03. The Bertz CT molecular complexity index is 539. The number of hydrogen-bond donors (Lipinski definition) is 1. The van der Waals surface area contributed by atoms with Crippen molar-refractivity contribution in [3.05, 3.63) is 29.1 Å². The van der Waals surface area contributed by atoms with Crippen LogP contribution in [0.5, 0.6) is 0 Å². The fraction of sp³-hybridized carbons (Fsp3) is 0.462. The molecule has 3 nitrogen and oxygen atoms in total. The van der Waals surface area contributed by atoms with Gasteiger partial charge in [0.15, 0.2) is 0 Å². The maximum atomic E-state index is 5.46. The van der Waals surface area contributed by atoms with Crippen LogP contribution in [0.2, 0.25) is 0 Å². The summed E-state index contributed by atoms with van der Waals surface area (Å²) in [6.45, 7) is 3.24. The van der Waals surface area contributed by atoms with E-state index in [9.17, 15) is 0 Å². The normalized spacial score (nSPS) is 12.4. The highest BCUT2D eigenvalue weighted by atomic mass is 32.1. The Morgan fingerprint density at radius 2 is 2.06 bits per heavy atom. The van der Waals surface area contributed by atoms with Gasteiger partial charge in [-0.2, -0.15) is 5.10 Å². The zero-order chi connectivity index (χ0) is 12.1. The van der Waals surface area contributed by atoms with E-state index >= 15 is 0 Å². The first-order valence-electron chi connectivity index (χ1n) is 6.19. The predicted molar refractivity (Wildman–Crippen MR) is 73.7 cm³/mol. The van der Waals surface area contributed by atoms with Gasteiger partial charge >= 0.3 is 0 Å². The van der Waals surface area contributed by atoms with Crippen molar-refractivity contribution in [3.8, 4) is 0 Å². The van der Waals surface area contributed by atoms with Gasteiger partial charge < -0.3 is 10.4 Å². The summed E-state index contributed by atoms with van der Waals surface area (Å²) in [6.07, 6.45) is 5.04. The number of fused-ring (bicyclic) bond motifs is 1. The summed E-state index contributed by atoms with van der Waals surface area (Å²) in [4.78, 5) is 0.919. The van der Waals surface area contributed by atoms with Gasteiger partial charge in [0.2, 0.25) is 4.80 Å². The van der Waals surface area contributed by atoms with E-state index < -0.39 is 0 Å². The number of aromatic nitrogens is 1. The zero-order valence-electron chi connectivity index (χ0n) is 10.2. The molecule has 0 aliphatic heterocycles. The zero-order valence-corrected chi connectivity index (χ0v) is 11.0. The SMILES string of the molecule is CCCCCCn1/c(=N/N)sc2ccccc21. The van der Waals surface area contributed by atoms with Gasteiger partial charge in [0.25, 0.3) is 0 Å². The Kier molecular flexibility index (Phi) is 4.20. The van der Waals surface area contributed by atoms with Crippen LogP contribution >= 0.6 is 11.3 Å². The highest BCUT2D eigenvalue weighted by Gasteiger charge is 2.04. The van der Waals surface area contributed by atoms with Crippen LogP contribution in [0.4, 0.5) is 0 Å². The average molecular weight is 249 g/mol. The van der Waals surface area contributed by atoms with Gasteiger partial charge in [0.05, 0.1) is 10.2 Å². The van der Waals surface area contributed by atoms with Gasteiger partial charge in [-0.25, -0.2) is 0 Å². The smallest absolute Gasteiger partial charge is 0.208 e. The van der Waals surface area contributed by atoms with Crippen molar-refractivity contribution < 1.29 is 0 Å². The summed E-state index contributed by atoms with van der Waals surface area (Å²) in [5, 5.41) is 3.89. The molecule has 2 rings (SSSR count). The average Bonchev–Trinajstić information content (AvgIpc) is 2.73. The van der Waals surface area contributed by atoms with Crippen molar-refractivity contribution in [1.29, 1.82) is 0 Å². The molecule has 1 aromatic carbocycles. The summed E-state index contributed by atoms with van der Waals surface area (Å²) in [7, 11) is 0. The fourth-order valence-corrected chi connectivity index (χ4v) is 3.01. The first-order chi connectivity index (χ1) is 8.36. The van der Waals surface area contributed by atoms with Crippen molar-refractivity contribution in [2.45, 2.75) is 39.2 Å². The van der Waals surface area contributed by atoms with E-state index in [1.54, 1.807) is 11.3 Å². The third-order valence-electron chi connectivity index (χ3n) is 2.93. The molecule has 92 valence electrons. The first kappa shape index (κ1) is 12.2. The van der Waals surface area contributed by atoms with Crippen molar-refractivity contribution in [2.24, 2.45) is 10.9 Å². The van der Waals surface area contributed by atoms with E-state index in [2.05, 4.69) is 40.9 Å². The molecule has 0 fully saturated rings. The summed E-state index contributed by atoms with van der Waals surface area (Å²) >= 11 is 1.66. The number of para-hydroxylation sites is 1. The summed E-state index contributed by atoms with van der Waals surface area (Å²) in [5.74, 6) is 5.46. The molecule has 0 aliphatic rings. The monoisotopic (exact) mass is 249 g/mol. The molecule has 0 bridgehead atoms. The van der Waals surface area contributed by atoms with E-state index in [0.29, 0.717) is 0 Å². The predicted octanol–water partition coefficient (Wildman–Crippen LogP) is 3.06. The summed E-state index contributed by atoms with van der Waals surface area (Å²) < 4.78 is 3.49. The van der Waals surface area contributed by atoms with Crippen molar-refractivity contribution in [3.63, 3.8) is 0 Å². The van der Waals surface area contributed by atoms with Crippen LogP contribution < -0.4 is 10.6 Å². The molecule has 0 aliphatic carbocycles. The standard InChI is InChI=1S/C13H19N3S/c1-2-3-4-7-10-16-11-8-5-6-9-12(11)17-13(16)15-14/h5-6,8-9H,2-4,7,10,14H2,1H3/b15-13-. The Balaban J connectivity index is 2.25. The number of nitrogens with zero attached hydrogens (tertiary/aromatic N) is 2. The topological polar surface area (TPSA) is 43.3 Å². The van der Waals surface area contributed by atoms with Gasteiger partial charge in [-0.3, -0.25) is 0 Å². The van der Waals surface area contributed by atoms with Gasteiger partial charge in [-0.15, -0.1) is 0 Å². The van der Waals surface area contributed by atoms with Crippen LogP contribution in [0.3, 0.4) is 0 Å². The molecule has 0 saturated carbocycles. The lowest BCUT2D eigenvalue weighted by Gasteiger charge is -2.04. The van der Waals surface area contributed by atoms with Crippen molar-refractivity contribution >= 4 is 21.6 Å².